The fraction of sp³-hybridized carbons (Fsp3) is 0.538. The van der Waals surface area contributed by atoms with Crippen molar-refractivity contribution in [3.8, 4) is 11.5 Å². The van der Waals surface area contributed by atoms with E-state index in [0.29, 0.717) is 0 Å². The zero-order valence-corrected chi connectivity index (χ0v) is 10.9. The number of anilines is 1. The molecule has 0 saturated carbocycles. The van der Waals surface area contributed by atoms with Crippen molar-refractivity contribution in [2.24, 2.45) is 0 Å². The van der Waals surface area contributed by atoms with E-state index < -0.39 is 0 Å². The third kappa shape index (κ3) is 3.27. The maximum atomic E-state index is 5.63. The largest absolute Gasteiger partial charge is 0.497 e. The quantitative estimate of drug-likeness (QED) is 0.822. The summed E-state index contributed by atoms with van der Waals surface area (Å²) in [7, 11) is 3.31. The Morgan fingerprint density at radius 2 is 2.28 bits per heavy atom. The third-order valence-electron chi connectivity index (χ3n) is 2.93. The molecule has 100 valence electrons. The molecule has 0 aliphatic carbocycles. The average Bonchev–Trinajstić information content (AvgIpc) is 2.45. The Bertz CT molecular complexity index is 378. The van der Waals surface area contributed by atoms with Crippen LogP contribution in [0.2, 0.25) is 0 Å². The van der Waals surface area contributed by atoms with Crippen LogP contribution in [-0.4, -0.2) is 46.6 Å². The molecule has 18 heavy (non-hydrogen) atoms. The number of rotatable bonds is 5. The van der Waals surface area contributed by atoms with Gasteiger partial charge >= 0.3 is 0 Å². The van der Waals surface area contributed by atoms with Gasteiger partial charge in [0.15, 0.2) is 0 Å². The van der Waals surface area contributed by atoms with Crippen LogP contribution in [0.5, 0.6) is 11.5 Å². The molecule has 1 heterocycles. The van der Waals surface area contributed by atoms with Gasteiger partial charge < -0.3 is 24.8 Å². The number of hydrogen-bond donors (Lipinski definition) is 2. The lowest BCUT2D eigenvalue weighted by Crippen LogP contribution is -2.42. The van der Waals surface area contributed by atoms with Crippen LogP contribution >= 0.6 is 0 Å². The molecule has 5 nitrogen and oxygen atoms in total. The summed E-state index contributed by atoms with van der Waals surface area (Å²) in [6.07, 6.45) is 0.189. The van der Waals surface area contributed by atoms with Gasteiger partial charge in [-0.05, 0) is 12.1 Å². The molecule has 0 aromatic heterocycles. The van der Waals surface area contributed by atoms with E-state index >= 15 is 0 Å². The number of methoxy groups -OCH3 is 2. The molecule has 0 amide bonds. The van der Waals surface area contributed by atoms with Crippen molar-refractivity contribution in [3.63, 3.8) is 0 Å². The predicted molar refractivity (Wildman–Crippen MR) is 70.6 cm³/mol. The van der Waals surface area contributed by atoms with Crippen LogP contribution in [-0.2, 0) is 4.74 Å². The first kappa shape index (κ1) is 13.0. The van der Waals surface area contributed by atoms with E-state index in [2.05, 4.69) is 10.6 Å². The summed E-state index contributed by atoms with van der Waals surface area (Å²) < 4.78 is 16.1. The van der Waals surface area contributed by atoms with Gasteiger partial charge in [-0.1, -0.05) is 0 Å². The van der Waals surface area contributed by atoms with Crippen LogP contribution in [0.1, 0.15) is 0 Å². The van der Waals surface area contributed by atoms with E-state index in [0.717, 1.165) is 43.4 Å². The highest BCUT2D eigenvalue weighted by molar-refractivity contribution is 5.59. The topological polar surface area (TPSA) is 51.8 Å². The minimum Gasteiger partial charge on any atom is -0.497 e. The van der Waals surface area contributed by atoms with E-state index in [-0.39, 0.29) is 6.10 Å². The van der Waals surface area contributed by atoms with Crippen molar-refractivity contribution in [1.29, 1.82) is 0 Å². The van der Waals surface area contributed by atoms with Gasteiger partial charge in [0.1, 0.15) is 11.5 Å². The van der Waals surface area contributed by atoms with E-state index in [4.69, 9.17) is 14.2 Å². The highest BCUT2D eigenvalue weighted by Gasteiger charge is 2.14. The van der Waals surface area contributed by atoms with Gasteiger partial charge in [-0.3, -0.25) is 0 Å². The molecule has 1 aromatic rings. The minimum atomic E-state index is 0.189. The number of nitrogens with one attached hydrogen (secondary N) is 2. The summed E-state index contributed by atoms with van der Waals surface area (Å²) in [5.74, 6) is 1.61. The van der Waals surface area contributed by atoms with Crippen LogP contribution in [0.3, 0.4) is 0 Å². The van der Waals surface area contributed by atoms with Gasteiger partial charge in [0.25, 0.3) is 0 Å². The van der Waals surface area contributed by atoms with Crippen molar-refractivity contribution in [2.75, 3.05) is 45.8 Å². The molecule has 1 fully saturated rings. The van der Waals surface area contributed by atoms with Crippen molar-refractivity contribution < 1.29 is 14.2 Å². The summed E-state index contributed by atoms with van der Waals surface area (Å²) in [4.78, 5) is 0. The monoisotopic (exact) mass is 252 g/mol. The molecule has 1 aromatic carbocycles. The normalized spacial score (nSPS) is 19.3. The molecule has 5 heteroatoms. The van der Waals surface area contributed by atoms with Gasteiger partial charge in [-0.2, -0.15) is 0 Å². The van der Waals surface area contributed by atoms with Crippen LogP contribution in [0.4, 0.5) is 5.69 Å². The SMILES string of the molecule is COc1ccc(OC)c(NCC2CNCCO2)c1. The van der Waals surface area contributed by atoms with Gasteiger partial charge in [-0.25, -0.2) is 0 Å². The highest BCUT2D eigenvalue weighted by atomic mass is 16.5. The van der Waals surface area contributed by atoms with Crippen LogP contribution in [0.15, 0.2) is 18.2 Å². The summed E-state index contributed by atoms with van der Waals surface area (Å²) >= 11 is 0. The minimum absolute atomic E-state index is 0.189. The Labute approximate surface area is 107 Å². The zero-order chi connectivity index (χ0) is 12.8. The summed E-state index contributed by atoms with van der Waals surface area (Å²) in [5, 5.41) is 6.64. The Balaban J connectivity index is 1.97. The van der Waals surface area contributed by atoms with E-state index in [1.807, 2.05) is 18.2 Å². The van der Waals surface area contributed by atoms with Gasteiger partial charge in [-0.15, -0.1) is 0 Å². The zero-order valence-electron chi connectivity index (χ0n) is 10.9. The fourth-order valence-electron chi connectivity index (χ4n) is 1.93. The van der Waals surface area contributed by atoms with Crippen LogP contribution in [0, 0.1) is 0 Å². The molecule has 2 rings (SSSR count). The second kappa shape index (κ2) is 6.47. The second-order valence-electron chi connectivity index (χ2n) is 4.14. The molecule has 0 radical (unpaired) electrons. The first-order chi connectivity index (χ1) is 8.83. The Kier molecular flexibility index (Phi) is 4.66. The molecular formula is C13H20N2O3. The van der Waals surface area contributed by atoms with Crippen molar-refractivity contribution in [2.45, 2.75) is 6.10 Å². The Morgan fingerprint density at radius 1 is 1.39 bits per heavy atom. The number of morpholine rings is 1. The Hall–Kier alpha value is -1.46. The van der Waals surface area contributed by atoms with Crippen LogP contribution in [0.25, 0.3) is 0 Å². The molecule has 2 N–H and O–H groups in total. The first-order valence-corrected chi connectivity index (χ1v) is 6.11. The number of benzene rings is 1. The van der Waals surface area contributed by atoms with Gasteiger partial charge in [0.05, 0.1) is 32.6 Å². The maximum absolute atomic E-state index is 5.63. The summed E-state index contributed by atoms with van der Waals surface area (Å²) in [6.45, 7) is 3.32. The lowest BCUT2D eigenvalue weighted by atomic mass is 10.2. The van der Waals surface area contributed by atoms with Gasteiger partial charge in [0.2, 0.25) is 0 Å². The fourth-order valence-corrected chi connectivity index (χ4v) is 1.93. The Morgan fingerprint density at radius 3 is 2.94 bits per heavy atom. The van der Waals surface area contributed by atoms with E-state index in [9.17, 15) is 0 Å². The maximum Gasteiger partial charge on any atom is 0.142 e. The smallest absolute Gasteiger partial charge is 0.142 e. The molecule has 0 spiro atoms. The average molecular weight is 252 g/mol. The molecule has 1 saturated heterocycles. The predicted octanol–water partition coefficient (Wildman–Crippen LogP) is 1.10. The molecule has 1 aliphatic rings. The third-order valence-corrected chi connectivity index (χ3v) is 2.93. The summed E-state index contributed by atoms with van der Waals surface area (Å²) in [6, 6.07) is 5.69. The molecule has 1 aliphatic heterocycles. The number of ether oxygens (including phenoxy) is 3. The summed E-state index contributed by atoms with van der Waals surface area (Å²) in [5.41, 5.74) is 0.922. The van der Waals surface area contributed by atoms with Crippen molar-refractivity contribution in [3.05, 3.63) is 18.2 Å². The van der Waals surface area contributed by atoms with Gasteiger partial charge in [0, 0.05) is 25.7 Å². The molecular weight excluding hydrogens is 232 g/mol. The first-order valence-electron chi connectivity index (χ1n) is 6.11. The second-order valence-corrected chi connectivity index (χ2v) is 4.14. The van der Waals surface area contributed by atoms with Crippen molar-refractivity contribution in [1.82, 2.24) is 5.32 Å². The van der Waals surface area contributed by atoms with E-state index in [1.54, 1.807) is 14.2 Å². The lowest BCUT2D eigenvalue weighted by molar-refractivity contribution is 0.0372. The van der Waals surface area contributed by atoms with Crippen molar-refractivity contribution >= 4 is 5.69 Å². The molecule has 0 bridgehead atoms. The highest BCUT2D eigenvalue weighted by Crippen LogP contribution is 2.28. The molecule has 1 unspecified atom stereocenters. The molecule has 1 atom stereocenters. The standard InChI is InChI=1S/C13H20N2O3/c1-16-10-3-4-13(17-2)12(7-10)15-9-11-8-14-5-6-18-11/h3-4,7,11,14-15H,5-6,8-9H2,1-2H3. The lowest BCUT2D eigenvalue weighted by Gasteiger charge is -2.24. The number of hydrogen-bond acceptors (Lipinski definition) is 5. The van der Waals surface area contributed by atoms with E-state index in [1.165, 1.54) is 0 Å². The van der Waals surface area contributed by atoms with Crippen LogP contribution < -0.4 is 20.1 Å².